The summed E-state index contributed by atoms with van der Waals surface area (Å²) in [6.07, 6.45) is 0. The molecule has 0 bridgehead atoms. The number of ketones is 1. The Morgan fingerprint density at radius 3 is 2.59 bits per heavy atom. The summed E-state index contributed by atoms with van der Waals surface area (Å²) in [6, 6.07) is 10.7. The molecular formula is C16H14N2O4. The highest BCUT2D eigenvalue weighted by Crippen LogP contribution is 2.26. The molecule has 0 saturated carbocycles. The van der Waals surface area contributed by atoms with Gasteiger partial charge in [-0.25, -0.2) is 0 Å². The first-order chi connectivity index (χ1) is 10.5. The molecule has 2 aromatic rings. The summed E-state index contributed by atoms with van der Waals surface area (Å²) in [7, 11) is 0. The van der Waals surface area contributed by atoms with Crippen LogP contribution in [-0.2, 0) is 4.79 Å². The number of aryl methyl sites for hydroxylation is 1. The Bertz CT molecular complexity index is 741. The molecule has 1 aromatic carbocycles. The second kappa shape index (κ2) is 6.59. The summed E-state index contributed by atoms with van der Waals surface area (Å²) in [6.45, 7) is 2.67. The van der Waals surface area contributed by atoms with Crippen LogP contribution in [0.5, 0.6) is 5.75 Å². The number of furan rings is 1. The number of nitrogens with one attached hydrogen (secondary N) is 1. The number of hydrogen-bond acceptors (Lipinski definition) is 5. The second-order valence-electron chi connectivity index (χ2n) is 4.56. The van der Waals surface area contributed by atoms with E-state index in [1.54, 1.807) is 31.2 Å². The van der Waals surface area contributed by atoms with Gasteiger partial charge in [0, 0.05) is 0 Å². The molecule has 0 spiro atoms. The number of nitrogens with zero attached hydrogens (tertiary/aromatic N) is 1. The third-order valence-corrected chi connectivity index (χ3v) is 2.91. The van der Waals surface area contributed by atoms with Gasteiger partial charge in [-0.1, -0.05) is 18.2 Å². The van der Waals surface area contributed by atoms with E-state index < -0.39 is 5.91 Å². The Hall–Kier alpha value is -3.07. The van der Waals surface area contributed by atoms with Gasteiger partial charge >= 0.3 is 0 Å². The number of nitriles is 1. The third-order valence-electron chi connectivity index (χ3n) is 2.91. The van der Waals surface area contributed by atoms with E-state index in [2.05, 4.69) is 5.32 Å². The van der Waals surface area contributed by atoms with E-state index in [9.17, 15) is 9.59 Å². The molecule has 22 heavy (non-hydrogen) atoms. The largest absolute Gasteiger partial charge is 0.484 e. The monoisotopic (exact) mass is 298 g/mol. The minimum Gasteiger partial charge on any atom is -0.484 e. The SMILES string of the molecule is CC(=O)c1c(C)oc(NC(=O)COc2ccccc2)c1C#N. The van der Waals surface area contributed by atoms with Gasteiger partial charge in [-0.15, -0.1) is 0 Å². The van der Waals surface area contributed by atoms with Crippen molar-refractivity contribution in [2.75, 3.05) is 11.9 Å². The van der Waals surface area contributed by atoms with Crippen molar-refractivity contribution < 1.29 is 18.7 Å². The summed E-state index contributed by atoms with van der Waals surface area (Å²) < 4.78 is 10.6. The molecule has 0 aliphatic rings. The Morgan fingerprint density at radius 2 is 2.00 bits per heavy atom. The van der Waals surface area contributed by atoms with Crippen molar-refractivity contribution in [3.63, 3.8) is 0 Å². The van der Waals surface area contributed by atoms with Crippen LogP contribution in [0.4, 0.5) is 5.88 Å². The molecule has 0 atom stereocenters. The highest BCUT2D eigenvalue weighted by Gasteiger charge is 2.22. The maximum Gasteiger partial charge on any atom is 0.264 e. The number of ether oxygens (including phenoxy) is 1. The van der Waals surface area contributed by atoms with Crippen LogP contribution in [0.25, 0.3) is 0 Å². The summed E-state index contributed by atoms with van der Waals surface area (Å²) >= 11 is 0. The highest BCUT2D eigenvalue weighted by atomic mass is 16.5. The van der Waals surface area contributed by atoms with Crippen molar-refractivity contribution in [1.82, 2.24) is 0 Å². The Morgan fingerprint density at radius 1 is 1.32 bits per heavy atom. The van der Waals surface area contributed by atoms with E-state index >= 15 is 0 Å². The number of benzene rings is 1. The molecule has 112 valence electrons. The van der Waals surface area contributed by atoms with Gasteiger partial charge in [-0.05, 0) is 26.0 Å². The van der Waals surface area contributed by atoms with Crippen molar-refractivity contribution in [3.8, 4) is 11.8 Å². The molecule has 6 nitrogen and oxygen atoms in total. The lowest BCUT2D eigenvalue weighted by Gasteiger charge is -2.05. The smallest absolute Gasteiger partial charge is 0.264 e. The summed E-state index contributed by atoms with van der Waals surface area (Å²) in [5.74, 6) is 0.0384. The Balaban J connectivity index is 2.08. The number of amides is 1. The lowest BCUT2D eigenvalue weighted by atomic mass is 10.1. The molecule has 1 heterocycles. The first-order valence-corrected chi connectivity index (χ1v) is 6.55. The second-order valence-corrected chi connectivity index (χ2v) is 4.56. The van der Waals surface area contributed by atoms with E-state index in [1.165, 1.54) is 6.92 Å². The van der Waals surface area contributed by atoms with Crippen molar-refractivity contribution in [3.05, 3.63) is 47.2 Å². The van der Waals surface area contributed by atoms with E-state index in [1.807, 2.05) is 12.1 Å². The van der Waals surface area contributed by atoms with Gasteiger partial charge in [0.2, 0.25) is 5.88 Å². The fourth-order valence-corrected chi connectivity index (χ4v) is 1.99. The van der Waals surface area contributed by atoms with E-state index in [0.29, 0.717) is 11.5 Å². The van der Waals surface area contributed by atoms with Gasteiger partial charge < -0.3 is 9.15 Å². The molecule has 0 saturated heterocycles. The third kappa shape index (κ3) is 3.33. The number of hydrogen-bond donors (Lipinski definition) is 1. The number of carbonyl (C=O) groups is 2. The molecule has 0 aliphatic carbocycles. The quantitative estimate of drug-likeness (QED) is 0.857. The predicted molar refractivity (Wildman–Crippen MR) is 78.7 cm³/mol. The molecule has 0 unspecified atom stereocenters. The normalized spacial score (nSPS) is 9.86. The number of rotatable bonds is 5. The Kier molecular flexibility index (Phi) is 4.59. The minimum absolute atomic E-state index is 0.0260. The zero-order valence-electron chi connectivity index (χ0n) is 12.2. The molecule has 1 aromatic heterocycles. The maximum atomic E-state index is 11.9. The molecule has 0 fully saturated rings. The molecular weight excluding hydrogens is 284 g/mol. The van der Waals surface area contributed by atoms with Crippen LogP contribution in [0.2, 0.25) is 0 Å². The summed E-state index contributed by atoms with van der Waals surface area (Å²) in [5.41, 5.74) is 0.208. The zero-order valence-corrected chi connectivity index (χ0v) is 12.2. The van der Waals surface area contributed by atoms with Crippen LogP contribution in [0, 0.1) is 18.3 Å². The number of para-hydroxylation sites is 1. The highest BCUT2D eigenvalue weighted by molar-refractivity contribution is 6.01. The Labute approximate surface area is 127 Å². The van der Waals surface area contributed by atoms with E-state index in [-0.39, 0.29) is 29.4 Å². The molecule has 0 radical (unpaired) electrons. The van der Waals surface area contributed by atoms with Gasteiger partial charge in [0.1, 0.15) is 23.1 Å². The zero-order chi connectivity index (χ0) is 16.1. The fraction of sp³-hybridized carbons (Fsp3) is 0.188. The molecule has 1 N–H and O–H groups in total. The standard InChI is InChI=1S/C16H14N2O4/c1-10(19)15-11(2)22-16(13(15)8-17)18-14(20)9-21-12-6-4-3-5-7-12/h3-7H,9H2,1-2H3,(H,18,20). The van der Waals surface area contributed by atoms with E-state index in [4.69, 9.17) is 14.4 Å². The number of anilines is 1. The first-order valence-electron chi connectivity index (χ1n) is 6.55. The topological polar surface area (TPSA) is 92.3 Å². The van der Waals surface area contributed by atoms with Crippen LogP contribution in [0.3, 0.4) is 0 Å². The minimum atomic E-state index is -0.482. The average Bonchev–Trinajstić information content (AvgIpc) is 2.81. The number of carbonyl (C=O) groups excluding carboxylic acids is 2. The molecule has 1 amide bonds. The summed E-state index contributed by atoms with van der Waals surface area (Å²) in [5, 5.41) is 11.6. The van der Waals surface area contributed by atoms with Crippen molar-refractivity contribution >= 4 is 17.6 Å². The van der Waals surface area contributed by atoms with Crippen LogP contribution in [-0.4, -0.2) is 18.3 Å². The van der Waals surface area contributed by atoms with Crippen LogP contribution in [0.1, 0.15) is 28.6 Å². The van der Waals surface area contributed by atoms with Gasteiger partial charge in [0.05, 0.1) is 5.56 Å². The average molecular weight is 298 g/mol. The van der Waals surface area contributed by atoms with Crippen LogP contribution in [0.15, 0.2) is 34.7 Å². The molecule has 0 aliphatic heterocycles. The fourth-order valence-electron chi connectivity index (χ4n) is 1.99. The molecule has 6 heteroatoms. The lowest BCUT2D eigenvalue weighted by molar-refractivity contribution is -0.118. The van der Waals surface area contributed by atoms with E-state index in [0.717, 1.165) is 0 Å². The van der Waals surface area contributed by atoms with Crippen molar-refractivity contribution in [2.45, 2.75) is 13.8 Å². The van der Waals surface area contributed by atoms with Crippen LogP contribution >= 0.6 is 0 Å². The summed E-state index contributed by atoms with van der Waals surface area (Å²) in [4.78, 5) is 23.4. The lowest BCUT2D eigenvalue weighted by Crippen LogP contribution is -2.20. The van der Waals surface area contributed by atoms with Crippen molar-refractivity contribution in [2.24, 2.45) is 0 Å². The van der Waals surface area contributed by atoms with Gasteiger partial charge in [-0.3, -0.25) is 14.9 Å². The van der Waals surface area contributed by atoms with Gasteiger partial charge in [0.25, 0.3) is 5.91 Å². The van der Waals surface area contributed by atoms with Gasteiger partial charge in [0.15, 0.2) is 12.4 Å². The molecule has 2 rings (SSSR count). The first kappa shape index (κ1) is 15.3. The van der Waals surface area contributed by atoms with Crippen molar-refractivity contribution in [1.29, 1.82) is 5.26 Å². The number of Topliss-reactive ketones (excluding diaryl/α,β-unsaturated/α-hetero) is 1. The maximum absolute atomic E-state index is 11.9. The van der Waals surface area contributed by atoms with Gasteiger partial charge in [-0.2, -0.15) is 5.26 Å². The predicted octanol–water partition coefficient (Wildman–Crippen LogP) is 2.68. The van der Waals surface area contributed by atoms with Crippen LogP contribution < -0.4 is 10.1 Å².